The van der Waals surface area contributed by atoms with Crippen LogP contribution in [0.3, 0.4) is 0 Å². The second-order valence-electron chi connectivity index (χ2n) is 4.62. The van der Waals surface area contributed by atoms with Gasteiger partial charge >= 0.3 is 0 Å². The molecule has 1 heterocycles. The molecule has 2 nitrogen and oxygen atoms in total. The molecule has 2 heteroatoms. The van der Waals surface area contributed by atoms with E-state index in [4.69, 9.17) is 4.74 Å². The van der Waals surface area contributed by atoms with Crippen LogP contribution in [0.2, 0.25) is 0 Å². The number of rotatable bonds is 4. The summed E-state index contributed by atoms with van der Waals surface area (Å²) in [6.07, 6.45) is 4.35. The standard InChI is InChI=1S/C15H21NO/c1-3-15-14(10-7-11-17-15)16-12(2)13-8-5-4-6-9-13/h3-6,8-9,12,14-16H,1,7,10-11H2,2H3/t12-,14+,15-/m1/s1. The molecule has 1 N–H and O–H groups in total. The van der Waals surface area contributed by atoms with Gasteiger partial charge < -0.3 is 10.1 Å². The lowest BCUT2D eigenvalue weighted by atomic mass is 9.99. The maximum absolute atomic E-state index is 5.70. The highest BCUT2D eigenvalue weighted by Gasteiger charge is 2.24. The zero-order valence-electron chi connectivity index (χ0n) is 10.4. The Morgan fingerprint density at radius 2 is 2.18 bits per heavy atom. The van der Waals surface area contributed by atoms with Crippen molar-refractivity contribution in [1.82, 2.24) is 5.32 Å². The monoisotopic (exact) mass is 231 g/mol. The molecule has 17 heavy (non-hydrogen) atoms. The highest BCUT2D eigenvalue weighted by Crippen LogP contribution is 2.19. The van der Waals surface area contributed by atoms with Crippen LogP contribution in [-0.4, -0.2) is 18.8 Å². The summed E-state index contributed by atoms with van der Waals surface area (Å²) in [5, 5.41) is 3.64. The summed E-state index contributed by atoms with van der Waals surface area (Å²) in [6, 6.07) is 11.3. The lowest BCUT2D eigenvalue weighted by Crippen LogP contribution is -2.44. The lowest BCUT2D eigenvalue weighted by molar-refractivity contribution is 0.0179. The first kappa shape index (κ1) is 12.3. The van der Waals surface area contributed by atoms with Crippen molar-refractivity contribution >= 4 is 0 Å². The Balaban J connectivity index is 1.97. The summed E-state index contributed by atoms with van der Waals surface area (Å²) in [4.78, 5) is 0. The van der Waals surface area contributed by atoms with E-state index in [0.717, 1.165) is 19.4 Å². The van der Waals surface area contributed by atoms with Gasteiger partial charge in [0, 0.05) is 18.7 Å². The van der Waals surface area contributed by atoms with Gasteiger partial charge in [-0.25, -0.2) is 0 Å². The van der Waals surface area contributed by atoms with Crippen LogP contribution in [0.1, 0.15) is 31.4 Å². The quantitative estimate of drug-likeness (QED) is 0.804. The maximum Gasteiger partial charge on any atom is 0.0906 e. The predicted molar refractivity (Wildman–Crippen MR) is 71.0 cm³/mol. The van der Waals surface area contributed by atoms with E-state index in [1.807, 2.05) is 12.1 Å². The summed E-state index contributed by atoms with van der Waals surface area (Å²) < 4.78 is 5.70. The predicted octanol–water partition coefficient (Wildman–Crippen LogP) is 3.07. The third kappa shape index (κ3) is 3.18. The Kier molecular flexibility index (Phi) is 4.35. The smallest absolute Gasteiger partial charge is 0.0906 e. The van der Waals surface area contributed by atoms with E-state index >= 15 is 0 Å². The summed E-state index contributed by atoms with van der Waals surface area (Å²) in [5.74, 6) is 0. The molecule has 0 aliphatic carbocycles. The molecule has 1 aliphatic heterocycles. The van der Waals surface area contributed by atoms with Crippen LogP contribution >= 0.6 is 0 Å². The Hall–Kier alpha value is -1.12. The van der Waals surface area contributed by atoms with Crippen molar-refractivity contribution in [2.75, 3.05) is 6.61 Å². The number of benzene rings is 1. The van der Waals surface area contributed by atoms with Gasteiger partial charge in [-0.3, -0.25) is 0 Å². The molecule has 0 bridgehead atoms. The molecule has 0 unspecified atom stereocenters. The molecular formula is C15H21NO. The van der Waals surface area contributed by atoms with Crippen LogP contribution in [0.4, 0.5) is 0 Å². The molecule has 1 fully saturated rings. The first-order valence-corrected chi connectivity index (χ1v) is 6.36. The Morgan fingerprint density at radius 1 is 1.41 bits per heavy atom. The van der Waals surface area contributed by atoms with Gasteiger partial charge in [-0.2, -0.15) is 0 Å². The van der Waals surface area contributed by atoms with Crippen molar-refractivity contribution in [3.63, 3.8) is 0 Å². The number of hydrogen-bond donors (Lipinski definition) is 1. The van der Waals surface area contributed by atoms with Crippen LogP contribution in [-0.2, 0) is 4.74 Å². The number of ether oxygens (including phenoxy) is 1. The van der Waals surface area contributed by atoms with Gasteiger partial charge in [0.1, 0.15) is 0 Å². The second kappa shape index (κ2) is 5.99. The third-order valence-electron chi connectivity index (χ3n) is 3.36. The van der Waals surface area contributed by atoms with Crippen LogP contribution in [0, 0.1) is 0 Å². The van der Waals surface area contributed by atoms with Gasteiger partial charge in [-0.05, 0) is 25.3 Å². The third-order valence-corrected chi connectivity index (χ3v) is 3.36. The molecule has 0 spiro atoms. The molecule has 0 amide bonds. The van der Waals surface area contributed by atoms with E-state index in [9.17, 15) is 0 Å². The minimum Gasteiger partial charge on any atom is -0.373 e. The molecule has 1 aromatic carbocycles. The van der Waals surface area contributed by atoms with Crippen molar-refractivity contribution in [2.45, 2.75) is 38.0 Å². The largest absolute Gasteiger partial charge is 0.373 e. The minimum atomic E-state index is 0.148. The molecule has 1 saturated heterocycles. The van der Waals surface area contributed by atoms with Gasteiger partial charge in [0.2, 0.25) is 0 Å². The van der Waals surface area contributed by atoms with E-state index in [0.29, 0.717) is 12.1 Å². The van der Waals surface area contributed by atoms with Crippen LogP contribution < -0.4 is 5.32 Å². The Bertz CT molecular complexity index is 349. The summed E-state index contributed by atoms with van der Waals surface area (Å²) >= 11 is 0. The van der Waals surface area contributed by atoms with Gasteiger partial charge in [0.05, 0.1) is 6.10 Å². The fourth-order valence-corrected chi connectivity index (χ4v) is 2.37. The number of hydrogen-bond acceptors (Lipinski definition) is 2. The van der Waals surface area contributed by atoms with Crippen molar-refractivity contribution in [3.05, 3.63) is 48.6 Å². The summed E-state index contributed by atoms with van der Waals surface area (Å²) in [6.45, 7) is 6.90. The topological polar surface area (TPSA) is 21.3 Å². The maximum atomic E-state index is 5.70. The molecule has 92 valence electrons. The molecule has 1 aliphatic rings. The summed E-state index contributed by atoms with van der Waals surface area (Å²) in [7, 11) is 0. The Labute approximate surface area is 104 Å². The first-order chi connectivity index (χ1) is 8.31. The summed E-state index contributed by atoms with van der Waals surface area (Å²) in [5.41, 5.74) is 1.32. The fourth-order valence-electron chi connectivity index (χ4n) is 2.37. The van der Waals surface area contributed by atoms with E-state index in [1.165, 1.54) is 5.56 Å². The SMILES string of the molecule is C=C[C@H]1OCCC[C@@H]1N[C@H](C)c1ccccc1. The van der Waals surface area contributed by atoms with Gasteiger partial charge in [0.15, 0.2) is 0 Å². The molecule has 0 radical (unpaired) electrons. The van der Waals surface area contributed by atoms with Gasteiger partial charge in [-0.15, -0.1) is 6.58 Å². The molecule has 0 saturated carbocycles. The van der Waals surface area contributed by atoms with Crippen molar-refractivity contribution in [3.8, 4) is 0 Å². The minimum absolute atomic E-state index is 0.148. The van der Waals surface area contributed by atoms with E-state index in [-0.39, 0.29) is 6.10 Å². The van der Waals surface area contributed by atoms with E-state index in [1.54, 1.807) is 0 Å². The second-order valence-corrected chi connectivity index (χ2v) is 4.62. The van der Waals surface area contributed by atoms with Gasteiger partial charge in [0.25, 0.3) is 0 Å². The molecular weight excluding hydrogens is 210 g/mol. The molecule has 0 aromatic heterocycles. The number of nitrogens with one attached hydrogen (secondary N) is 1. The van der Waals surface area contributed by atoms with E-state index in [2.05, 4.69) is 43.1 Å². The van der Waals surface area contributed by atoms with E-state index < -0.39 is 0 Å². The average molecular weight is 231 g/mol. The van der Waals surface area contributed by atoms with Crippen molar-refractivity contribution in [1.29, 1.82) is 0 Å². The van der Waals surface area contributed by atoms with Crippen LogP contribution in [0.15, 0.2) is 43.0 Å². The lowest BCUT2D eigenvalue weighted by Gasteiger charge is -2.32. The zero-order valence-corrected chi connectivity index (χ0v) is 10.4. The average Bonchev–Trinajstić information content (AvgIpc) is 2.40. The zero-order chi connectivity index (χ0) is 12.1. The van der Waals surface area contributed by atoms with Crippen molar-refractivity contribution < 1.29 is 4.74 Å². The molecule has 3 atom stereocenters. The molecule has 2 rings (SSSR count). The normalized spacial score (nSPS) is 26.4. The van der Waals surface area contributed by atoms with Gasteiger partial charge in [-0.1, -0.05) is 36.4 Å². The highest BCUT2D eigenvalue weighted by molar-refractivity contribution is 5.18. The van der Waals surface area contributed by atoms with Crippen molar-refractivity contribution in [2.24, 2.45) is 0 Å². The highest BCUT2D eigenvalue weighted by atomic mass is 16.5. The fraction of sp³-hybridized carbons (Fsp3) is 0.467. The first-order valence-electron chi connectivity index (χ1n) is 6.36. The van der Waals surface area contributed by atoms with Crippen LogP contribution in [0.5, 0.6) is 0 Å². The van der Waals surface area contributed by atoms with Crippen LogP contribution in [0.25, 0.3) is 0 Å². The Morgan fingerprint density at radius 3 is 2.88 bits per heavy atom. The molecule has 1 aromatic rings.